The molecule has 3 aromatic rings. The molecule has 0 radical (unpaired) electrons. The Morgan fingerprint density at radius 1 is 1.00 bits per heavy atom. The number of rotatable bonds is 6. The molecule has 0 saturated carbocycles. The van der Waals surface area contributed by atoms with Crippen molar-refractivity contribution in [2.24, 2.45) is 0 Å². The summed E-state index contributed by atoms with van der Waals surface area (Å²) in [6.45, 7) is 0.0784. The smallest absolute Gasteiger partial charge is 0.268 e. The summed E-state index contributed by atoms with van der Waals surface area (Å²) in [5.74, 6) is 0.509. The number of ether oxygens (including phenoxy) is 1. The first-order valence-electron chi connectivity index (χ1n) is 8.77. The number of halogens is 1. The Hall–Kier alpha value is -2.96. The number of carbonyl (C=O) groups is 2. The Kier molecular flexibility index (Phi) is 5.47. The molecule has 7 heteroatoms. The second kappa shape index (κ2) is 8.19. The van der Waals surface area contributed by atoms with Gasteiger partial charge in [0.1, 0.15) is 11.5 Å². The van der Waals surface area contributed by atoms with Crippen molar-refractivity contribution < 1.29 is 18.7 Å². The minimum atomic E-state index is -0.354. The average molecular weight is 426 g/mol. The van der Waals surface area contributed by atoms with Crippen LogP contribution >= 0.6 is 23.4 Å². The predicted molar refractivity (Wildman–Crippen MR) is 111 cm³/mol. The van der Waals surface area contributed by atoms with Crippen LogP contribution in [0.2, 0.25) is 5.02 Å². The minimum absolute atomic E-state index is 0.0784. The molecule has 2 amide bonds. The lowest BCUT2D eigenvalue weighted by atomic mass is 10.1. The maximum atomic E-state index is 13.2. The molecule has 0 bridgehead atoms. The zero-order valence-electron chi connectivity index (χ0n) is 15.4. The van der Waals surface area contributed by atoms with Crippen molar-refractivity contribution in [3.8, 4) is 5.75 Å². The van der Waals surface area contributed by atoms with Crippen LogP contribution in [0.5, 0.6) is 5.75 Å². The third-order valence-corrected chi connectivity index (χ3v) is 5.77. The molecule has 0 aliphatic carbocycles. The largest absolute Gasteiger partial charge is 0.497 e. The number of benzene rings is 2. The number of nitrogens with zero attached hydrogens (tertiary/aromatic N) is 1. The molecule has 146 valence electrons. The molecule has 2 aromatic carbocycles. The van der Waals surface area contributed by atoms with Crippen molar-refractivity contribution in [1.29, 1.82) is 0 Å². The van der Waals surface area contributed by atoms with Crippen molar-refractivity contribution in [3.05, 3.63) is 88.2 Å². The monoisotopic (exact) mass is 425 g/mol. The molecular weight excluding hydrogens is 410 g/mol. The van der Waals surface area contributed by atoms with Crippen molar-refractivity contribution in [2.45, 2.75) is 11.4 Å². The highest BCUT2D eigenvalue weighted by molar-refractivity contribution is 8.04. The van der Waals surface area contributed by atoms with Crippen LogP contribution in [0.25, 0.3) is 5.57 Å². The second-order valence-electron chi connectivity index (χ2n) is 6.26. The van der Waals surface area contributed by atoms with E-state index in [1.165, 1.54) is 22.9 Å². The molecule has 1 aliphatic heterocycles. The highest BCUT2D eigenvalue weighted by Crippen LogP contribution is 2.40. The van der Waals surface area contributed by atoms with Crippen molar-refractivity contribution in [2.75, 3.05) is 7.11 Å². The number of thioether (sulfide) groups is 1. The molecule has 0 N–H and O–H groups in total. The lowest BCUT2D eigenvalue weighted by Crippen LogP contribution is -2.30. The molecule has 2 heterocycles. The third kappa shape index (κ3) is 3.95. The highest BCUT2D eigenvalue weighted by Gasteiger charge is 2.39. The number of carbonyl (C=O) groups excluding carboxylic acids is 2. The average Bonchev–Trinajstić information content (AvgIpc) is 3.33. The molecule has 0 atom stereocenters. The van der Waals surface area contributed by atoms with Gasteiger partial charge in [-0.15, -0.1) is 0 Å². The topological polar surface area (TPSA) is 59.8 Å². The van der Waals surface area contributed by atoms with E-state index in [-0.39, 0.29) is 18.4 Å². The van der Waals surface area contributed by atoms with Crippen LogP contribution < -0.4 is 4.74 Å². The van der Waals surface area contributed by atoms with Gasteiger partial charge < -0.3 is 9.15 Å². The fraction of sp³-hybridized carbons (Fsp3) is 0.0909. The van der Waals surface area contributed by atoms with Crippen LogP contribution in [0.3, 0.4) is 0 Å². The molecule has 1 aromatic heterocycles. The van der Waals surface area contributed by atoms with E-state index in [9.17, 15) is 9.59 Å². The zero-order valence-corrected chi connectivity index (χ0v) is 17.0. The van der Waals surface area contributed by atoms with Crippen molar-refractivity contribution in [1.82, 2.24) is 4.90 Å². The van der Waals surface area contributed by atoms with Crippen LogP contribution in [-0.4, -0.2) is 23.8 Å². The number of hydrogen-bond acceptors (Lipinski definition) is 5. The van der Waals surface area contributed by atoms with Crippen LogP contribution in [0, 0.1) is 0 Å². The van der Waals surface area contributed by atoms with E-state index in [1.807, 2.05) is 12.1 Å². The van der Waals surface area contributed by atoms with Gasteiger partial charge in [-0.3, -0.25) is 14.5 Å². The van der Waals surface area contributed by atoms with E-state index in [2.05, 4.69) is 0 Å². The summed E-state index contributed by atoms with van der Waals surface area (Å²) in [7, 11) is 1.57. The fourth-order valence-corrected chi connectivity index (χ4v) is 4.12. The first-order chi connectivity index (χ1) is 14.1. The van der Waals surface area contributed by atoms with E-state index >= 15 is 0 Å². The molecule has 5 nitrogen and oxygen atoms in total. The molecule has 0 fully saturated rings. The van der Waals surface area contributed by atoms with E-state index in [4.69, 9.17) is 20.8 Å². The molecule has 4 rings (SSSR count). The summed E-state index contributed by atoms with van der Waals surface area (Å²) in [5.41, 5.74) is 1.02. The van der Waals surface area contributed by atoms with E-state index in [0.717, 1.165) is 4.90 Å². The van der Waals surface area contributed by atoms with Crippen LogP contribution in [0.1, 0.15) is 11.3 Å². The highest BCUT2D eigenvalue weighted by atomic mass is 35.5. The van der Waals surface area contributed by atoms with Crippen molar-refractivity contribution >= 4 is 40.8 Å². The van der Waals surface area contributed by atoms with Gasteiger partial charge in [0, 0.05) is 9.92 Å². The Balaban J connectivity index is 1.74. The van der Waals surface area contributed by atoms with Gasteiger partial charge in [-0.2, -0.15) is 0 Å². The molecule has 1 aliphatic rings. The normalized spacial score (nSPS) is 14.1. The van der Waals surface area contributed by atoms with Crippen LogP contribution in [0.15, 0.2) is 81.1 Å². The van der Waals surface area contributed by atoms with Gasteiger partial charge in [-0.1, -0.05) is 35.5 Å². The Morgan fingerprint density at radius 3 is 2.34 bits per heavy atom. The second-order valence-corrected chi connectivity index (χ2v) is 7.78. The minimum Gasteiger partial charge on any atom is -0.497 e. The molecule has 0 saturated heterocycles. The van der Waals surface area contributed by atoms with Gasteiger partial charge in [0.25, 0.3) is 11.8 Å². The number of methoxy groups -OCH3 is 1. The van der Waals surface area contributed by atoms with Gasteiger partial charge in [0.15, 0.2) is 0 Å². The first kappa shape index (κ1) is 19.4. The quantitative estimate of drug-likeness (QED) is 0.519. The zero-order chi connectivity index (χ0) is 20.4. The summed E-state index contributed by atoms with van der Waals surface area (Å²) in [6, 6.07) is 17.7. The summed E-state index contributed by atoms with van der Waals surface area (Å²) >= 11 is 7.21. The molecule has 0 unspecified atom stereocenters. The van der Waals surface area contributed by atoms with E-state index in [1.54, 1.807) is 55.6 Å². The third-order valence-electron chi connectivity index (χ3n) is 4.43. The molecular formula is C22H16ClNO4S. The number of amides is 2. The van der Waals surface area contributed by atoms with Gasteiger partial charge in [0.2, 0.25) is 0 Å². The predicted octanol–water partition coefficient (Wildman–Crippen LogP) is 5.01. The van der Waals surface area contributed by atoms with E-state index < -0.39 is 0 Å². The van der Waals surface area contributed by atoms with Gasteiger partial charge in [-0.25, -0.2) is 0 Å². The number of furan rings is 1. The van der Waals surface area contributed by atoms with E-state index in [0.29, 0.717) is 32.6 Å². The number of imide groups is 1. The Bertz CT molecular complexity index is 1070. The molecule has 0 spiro atoms. The first-order valence-corrected chi connectivity index (χ1v) is 9.97. The lowest BCUT2D eigenvalue weighted by molar-refractivity contribution is -0.137. The number of hydrogen-bond donors (Lipinski definition) is 0. The van der Waals surface area contributed by atoms with Crippen LogP contribution in [-0.2, 0) is 16.1 Å². The van der Waals surface area contributed by atoms with Gasteiger partial charge in [-0.05, 0) is 54.1 Å². The molecule has 29 heavy (non-hydrogen) atoms. The van der Waals surface area contributed by atoms with Gasteiger partial charge >= 0.3 is 0 Å². The Morgan fingerprint density at radius 2 is 1.72 bits per heavy atom. The standard InChI is InChI=1S/C22H16ClNO4S/c1-27-16-8-4-14(5-9-16)19-20(29-18-10-6-15(23)7-11-18)22(26)24(21(19)25)13-17-3-2-12-28-17/h2-12H,13H2,1H3. The van der Waals surface area contributed by atoms with Gasteiger partial charge in [0.05, 0.1) is 30.4 Å². The SMILES string of the molecule is COc1ccc(C2=C(Sc3ccc(Cl)cc3)C(=O)N(Cc3ccco3)C2=O)cc1. The summed E-state index contributed by atoms with van der Waals surface area (Å²) in [6.07, 6.45) is 1.52. The lowest BCUT2D eigenvalue weighted by Gasteiger charge is -2.13. The Labute approximate surface area is 176 Å². The van der Waals surface area contributed by atoms with Crippen LogP contribution in [0.4, 0.5) is 0 Å². The summed E-state index contributed by atoms with van der Waals surface area (Å²) in [5, 5.41) is 0.604. The summed E-state index contributed by atoms with van der Waals surface area (Å²) < 4.78 is 10.5. The maximum absolute atomic E-state index is 13.2. The fourth-order valence-electron chi connectivity index (χ4n) is 2.98. The maximum Gasteiger partial charge on any atom is 0.268 e. The summed E-state index contributed by atoms with van der Waals surface area (Å²) in [4.78, 5) is 28.7. The van der Waals surface area contributed by atoms with Crippen molar-refractivity contribution in [3.63, 3.8) is 0 Å².